The number of ether oxygens (including phenoxy) is 1. The zero-order chi connectivity index (χ0) is 23.4. The van der Waals surface area contributed by atoms with Crippen LogP contribution in [0.2, 0.25) is 0 Å². The molecule has 0 unspecified atom stereocenters. The Bertz CT molecular complexity index is 952. The van der Waals surface area contributed by atoms with Crippen LogP contribution in [-0.2, 0) is 25.4 Å². The van der Waals surface area contributed by atoms with Gasteiger partial charge in [-0.15, -0.1) is 0 Å². The van der Waals surface area contributed by atoms with E-state index in [0.29, 0.717) is 12.0 Å². The van der Waals surface area contributed by atoms with Gasteiger partial charge in [-0.25, -0.2) is 0 Å². The van der Waals surface area contributed by atoms with E-state index in [4.69, 9.17) is 10.5 Å². The fourth-order valence-electron chi connectivity index (χ4n) is 3.91. The smallest absolute Gasteiger partial charge is 0.419 e. The van der Waals surface area contributed by atoms with Gasteiger partial charge in [-0.05, 0) is 78.5 Å². The number of nitrogens with two attached hydrogens (primary N) is 1. The highest BCUT2D eigenvalue weighted by Crippen LogP contribution is 2.37. The summed E-state index contributed by atoms with van der Waals surface area (Å²) in [4.78, 5) is 0. The molecule has 2 aromatic carbocycles. The van der Waals surface area contributed by atoms with Gasteiger partial charge in [-0.1, -0.05) is 30.8 Å². The number of hydrogen-bond donors (Lipinski definition) is 3. The summed E-state index contributed by atoms with van der Waals surface area (Å²) in [5.41, 5.74) is 8.97. The van der Waals surface area contributed by atoms with E-state index in [1.54, 1.807) is 6.07 Å². The molecule has 0 fully saturated rings. The van der Waals surface area contributed by atoms with Crippen LogP contribution in [0.3, 0.4) is 0 Å². The van der Waals surface area contributed by atoms with E-state index in [1.807, 2.05) is 6.07 Å². The highest BCUT2D eigenvalue weighted by atomic mass is 19.4. The first-order valence-electron chi connectivity index (χ1n) is 10.8. The molecule has 0 amide bonds. The second kappa shape index (κ2) is 10.1. The molecular formula is C25H30F3NO3. The number of fused-ring (bicyclic) bond motifs is 1. The maximum Gasteiger partial charge on any atom is 0.419 e. The minimum atomic E-state index is -4.55. The largest absolute Gasteiger partial charge is 0.493 e. The molecule has 1 aliphatic rings. The molecule has 0 bridgehead atoms. The topological polar surface area (TPSA) is 75.7 Å². The van der Waals surface area contributed by atoms with Gasteiger partial charge in [0.1, 0.15) is 5.75 Å². The van der Waals surface area contributed by atoms with Crippen LogP contribution in [0.15, 0.2) is 43.0 Å². The van der Waals surface area contributed by atoms with Crippen LogP contribution in [-0.4, -0.2) is 35.6 Å². The van der Waals surface area contributed by atoms with Crippen molar-refractivity contribution in [3.05, 3.63) is 70.8 Å². The molecule has 0 atom stereocenters. The summed E-state index contributed by atoms with van der Waals surface area (Å²) in [5.74, 6) is -0.199. The van der Waals surface area contributed by atoms with Crippen LogP contribution in [0.25, 0.3) is 5.57 Å². The molecule has 3 rings (SSSR count). The number of allylic oxidation sites excluding steroid dienone is 1. The van der Waals surface area contributed by atoms with E-state index in [2.05, 4.69) is 18.7 Å². The number of rotatable bonds is 10. The van der Waals surface area contributed by atoms with E-state index < -0.39 is 30.5 Å². The molecule has 0 aliphatic heterocycles. The molecule has 0 saturated heterocycles. The van der Waals surface area contributed by atoms with Gasteiger partial charge in [0.25, 0.3) is 0 Å². The first-order valence-corrected chi connectivity index (χ1v) is 10.8. The predicted octanol–water partition coefficient (Wildman–Crippen LogP) is 4.29. The lowest BCUT2D eigenvalue weighted by Gasteiger charge is -2.24. The summed E-state index contributed by atoms with van der Waals surface area (Å²) >= 11 is 0. The van der Waals surface area contributed by atoms with Gasteiger partial charge in [0.2, 0.25) is 0 Å². The maximum absolute atomic E-state index is 13.6. The number of aryl methyl sites for hydroxylation is 3. The molecule has 0 spiro atoms. The molecule has 32 heavy (non-hydrogen) atoms. The summed E-state index contributed by atoms with van der Waals surface area (Å²) in [5, 5.41) is 18.5. The van der Waals surface area contributed by atoms with E-state index >= 15 is 0 Å². The Kier molecular flexibility index (Phi) is 7.64. The number of alkyl halides is 3. The Balaban J connectivity index is 1.60. The molecule has 4 N–H and O–H groups in total. The van der Waals surface area contributed by atoms with Crippen LogP contribution in [0, 0.1) is 0 Å². The minimum absolute atomic E-state index is 0.158. The molecule has 1 aliphatic carbocycles. The van der Waals surface area contributed by atoms with Crippen LogP contribution in [0.4, 0.5) is 13.2 Å². The van der Waals surface area contributed by atoms with E-state index in [9.17, 15) is 23.4 Å². The second-order valence-electron chi connectivity index (χ2n) is 8.55. The standard InChI is InChI=1S/C25H30F3NO3/c1-17-4-7-20-13-18(5-8-21(17)20)3-2-12-32-23-9-6-19(14-22(23)25(26,27)28)10-11-24(29,15-30)16-31/h5-6,8-9,13-14,30-31H,1-4,7,10-12,15-16,29H2. The minimum Gasteiger partial charge on any atom is -0.493 e. The Morgan fingerprint density at radius 3 is 2.34 bits per heavy atom. The van der Waals surface area contributed by atoms with Crippen molar-refractivity contribution in [2.24, 2.45) is 5.73 Å². The van der Waals surface area contributed by atoms with Gasteiger partial charge in [-0.2, -0.15) is 13.2 Å². The Morgan fingerprint density at radius 1 is 0.969 bits per heavy atom. The SMILES string of the molecule is C=C1CCc2cc(CCCOc3ccc(CCC(N)(CO)CO)cc3C(F)(F)F)ccc21. The molecule has 174 valence electrons. The van der Waals surface area contributed by atoms with Gasteiger partial charge in [0.15, 0.2) is 0 Å². The first kappa shape index (κ1) is 24.3. The van der Waals surface area contributed by atoms with Crippen LogP contribution in [0.1, 0.15) is 47.1 Å². The fraction of sp³-hybridized carbons (Fsp3) is 0.440. The van der Waals surface area contributed by atoms with Gasteiger partial charge in [-0.3, -0.25) is 0 Å². The quantitative estimate of drug-likeness (QED) is 0.473. The number of aliphatic hydroxyl groups is 2. The monoisotopic (exact) mass is 449 g/mol. The summed E-state index contributed by atoms with van der Waals surface area (Å²) in [6, 6.07) is 10.2. The van der Waals surface area contributed by atoms with E-state index in [-0.39, 0.29) is 25.2 Å². The van der Waals surface area contributed by atoms with Crippen molar-refractivity contribution < 1.29 is 28.1 Å². The van der Waals surface area contributed by atoms with Crippen LogP contribution >= 0.6 is 0 Å². The Labute approximate surface area is 186 Å². The van der Waals surface area contributed by atoms with Crippen molar-refractivity contribution in [1.82, 2.24) is 0 Å². The third-order valence-corrected chi connectivity index (χ3v) is 6.00. The van der Waals surface area contributed by atoms with E-state index in [0.717, 1.165) is 36.5 Å². The van der Waals surface area contributed by atoms with Gasteiger partial charge in [0.05, 0.1) is 30.9 Å². The van der Waals surface area contributed by atoms with Crippen LogP contribution < -0.4 is 10.5 Å². The lowest BCUT2D eigenvalue weighted by molar-refractivity contribution is -0.139. The van der Waals surface area contributed by atoms with Crippen molar-refractivity contribution in [2.45, 2.75) is 50.2 Å². The number of hydrogen-bond acceptors (Lipinski definition) is 4. The molecule has 0 heterocycles. The van der Waals surface area contributed by atoms with Gasteiger partial charge in [0, 0.05) is 0 Å². The molecule has 2 aromatic rings. The summed E-state index contributed by atoms with van der Waals surface area (Å²) in [6.07, 6.45) is -0.910. The molecule has 0 saturated carbocycles. The van der Waals surface area contributed by atoms with Crippen molar-refractivity contribution in [1.29, 1.82) is 0 Å². The lowest BCUT2D eigenvalue weighted by Crippen LogP contribution is -2.47. The number of aliphatic hydroxyl groups excluding tert-OH is 2. The van der Waals surface area contributed by atoms with Crippen molar-refractivity contribution >= 4 is 5.57 Å². The zero-order valence-electron chi connectivity index (χ0n) is 18.0. The van der Waals surface area contributed by atoms with Crippen molar-refractivity contribution in [2.75, 3.05) is 19.8 Å². The number of halogens is 3. The third-order valence-electron chi connectivity index (χ3n) is 6.00. The first-order chi connectivity index (χ1) is 15.1. The summed E-state index contributed by atoms with van der Waals surface area (Å²) in [6.45, 7) is 3.34. The Morgan fingerprint density at radius 2 is 1.66 bits per heavy atom. The average molecular weight is 450 g/mol. The zero-order valence-corrected chi connectivity index (χ0v) is 18.0. The predicted molar refractivity (Wildman–Crippen MR) is 118 cm³/mol. The molecule has 4 nitrogen and oxygen atoms in total. The highest BCUT2D eigenvalue weighted by Gasteiger charge is 2.35. The van der Waals surface area contributed by atoms with E-state index in [1.165, 1.54) is 17.2 Å². The highest BCUT2D eigenvalue weighted by molar-refractivity contribution is 5.71. The molecule has 0 radical (unpaired) electrons. The van der Waals surface area contributed by atoms with Gasteiger partial charge < -0.3 is 20.7 Å². The Hall–Kier alpha value is -2.35. The van der Waals surface area contributed by atoms with Gasteiger partial charge >= 0.3 is 6.18 Å². The number of benzene rings is 2. The molecular weight excluding hydrogens is 419 g/mol. The second-order valence-corrected chi connectivity index (χ2v) is 8.55. The molecule has 0 aromatic heterocycles. The third kappa shape index (κ3) is 5.91. The summed E-state index contributed by atoms with van der Waals surface area (Å²) in [7, 11) is 0. The average Bonchev–Trinajstić information content (AvgIpc) is 3.15. The van der Waals surface area contributed by atoms with Crippen molar-refractivity contribution in [3.63, 3.8) is 0 Å². The lowest BCUT2D eigenvalue weighted by atomic mass is 9.93. The molecule has 7 heteroatoms. The normalized spacial score (nSPS) is 14.0. The van der Waals surface area contributed by atoms with Crippen LogP contribution in [0.5, 0.6) is 5.75 Å². The maximum atomic E-state index is 13.6. The fourth-order valence-corrected chi connectivity index (χ4v) is 3.91. The summed E-state index contributed by atoms with van der Waals surface area (Å²) < 4.78 is 46.2. The van der Waals surface area contributed by atoms with Crippen molar-refractivity contribution in [3.8, 4) is 5.75 Å².